The Labute approximate surface area is 98.0 Å². The first-order chi connectivity index (χ1) is 7.04. The Morgan fingerprint density at radius 1 is 1.40 bits per heavy atom. The van der Waals surface area contributed by atoms with Gasteiger partial charge in [-0.15, -0.1) is 0 Å². The molecule has 1 atom stereocenters. The van der Waals surface area contributed by atoms with E-state index in [2.05, 4.69) is 6.92 Å². The topological polar surface area (TPSA) is 46.3 Å². The van der Waals surface area contributed by atoms with Gasteiger partial charge in [-0.1, -0.05) is 38.9 Å². The molecule has 0 radical (unpaired) electrons. The van der Waals surface area contributed by atoms with Crippen molar-refractivity contribution in [2.75, 3.05) is 13.6 Å². The van der Waals surface area contributed by atoms with E-state index in [0.29, 0.717) is 4.99 Å². The minimum atomic E-state index is -0.271. The van der Waals surface area contributed by atoms with Crippen molar-refractivity contribution < 1.29 is 4.79 Å². The zero-order chi connectivity index (χ0) is 11.8. The van der Waals surface area contributed by atoms with E-state index in [1.807, 2.05) is 14.0 Å². The molecule has 3 nitrogen and oxygen atoms in total. The van der Waals surface area contributed by atoms with E-state index in [9.17, 15) is 4.79 Å². The lowest BCUT2D eigenvalue weighted by Gasteiger charge is -2.22. The van der Waals surface area contributed by atoms with Crippen LogP contribution in [0.3, 0.4) is 0 Å². The van der Waals surface area contributed by atoms with Gasteiger partial charge in [-0.05, 0) is 12.8 Å². The van der Waals surface area contributed by atoms with Crippen LogP contribution < -0.4 is 5.73 Å². The van der Waals surface area contributed by atoms with E-state index in [1.54, 1.807) is 4.90 Å². The highest BCUT2D eigenvalue weighted by Gasteiger charge is 2.23. The lowest BCUT2D eigenvalue weighted by molar-refractivity contribution is -0.132. The van der Waals surface area contributed by atoms with Crippen molar-refractivity contribution >= 4 is 23.1 Å². The van der Waals surface area contributed by atoms with E-state index in [4.69, 9.17) is 18.0 Å². The van der Waals surface area contributed by atoms with Crippen LogP contribution in [0.15, 0.2) is 0 Å². The van der Waals surface area contributed by atoms with Gasteiger partial charge in [0.15, 0.2) is 0 Å². The molecule has 88 valence electrons. The van der Waals surface area contributed by atoms with Crippen LogP contribution in [0.25, 0.3) is 0 Å². The summed E-state index contributed by atoms with van der Waals surface area (Å²) in [7, 11) is 1.82. The summed E-state index contributed by atoms with van der Waals surface area (Å²) < 4.78 is 0. The number of carbonyl (C=O) groups excluding carboxylic acids is 1. The molecule has 0 fully saturated rings. The number of thiocarbonyl (C=S) groups is 1. The highest BCUT2D eigenvalue weighted by molar-refractivity contribution is 7.80. The SMILES string of the molecule is CCCCN(C)C(=O)C(CCC)C(N)=S. The third kappa shape index (κ3) is 5.11. The van der Waals surface area contributed by atoms with Crippen LogP contribution in [0.4, 0.5) is 0 Å². The molecule has 0 aliphatic heterocycles. The normalized spacial score (nSPS) is 12.2. The minimum Gasteiger partial charge on any atom is -0.393 e. The Morgan fingerprint density at radius 2 is 2.00 bits per heavy atom. The molecule has 15 heavy (non-hydrogen) atoms. The maximum absolute atomic E-state index is 11.9. The molecule has 0 heterocycles. The quantitative estimate of drug-likeness (QED) is 0.680. The van der Waals surface area contributed by atoms with E-state index in [-0.39, 0.29) is 11.8 Å². The molecule has 0 aromatic rings. The minimum absolute atomic E-state index is 0.0674. The second-order valence-electron chi connectivity index (χ2n) is 3.86. The summed E-state index contributed by atoms with van der Waals surface area (Å²) in [6.45, 7) is 4.93. The number of nitrogens with zero attached hydrogens (tertiary/aromatic N) is 1. The maximum Gasteiger partial charge on any atom is 0.232 e. The van der Waals surface area contributed by atoms with Crippen LogP contribution >= 0.6 is 12.2 Å². The summed E-state index contributed by atoms with van der Waals surface area (Å²) in [5, 5.41) is 0. The van der Waals surface area contributed by atoms with Gasteiger partial charge in [0.2, 0.25) is 5.91 Å². The molecular formula is C11H22N2OS. The summed E-state index contributed by atoms with van der Waals surface area (Å²) in [5.41, 5.74) is 5.57. The van der Waals surface area contributed by atoms with Crippen LogP contribution in [0.1, 0.15) is 39.5 Å². The smallest absolute Gasteiger partial charge is 0.232 e. The first kappa shape index (κ1) is 14.4. The summed E-state index contributed by atoms with van der Waals surface area (Å²) >= 11 is 4.92. The predicted molar refractivity (Wildman–Crippen MR) is 67.7 cm³/mol. The lowest BCUT2D eigenvalue weighted by Crippen LogP contribution is -2.39. The molecule has 0 saturated heterocycles. The molecular weight excluding hydrogens is 208 g/mol. The Balaban J connectivity index is 4.28. The van der Waals surface area contributed by atoms with E-state index in [1.165, 1.54) is 0 Å². The van der Waals surface area contributed by atoms with Gasteiger partial charge >= 0.3 is 0 Å². The maximum atomic E-state index is 11.9. The first-order valence-corrected chi connectivity index (χ1v) is 5.99. The molecule has 4 heteroatoms. The molecule has 0 aliphatic rings. The van der Waals surface area contributed by atoms with Crippen molar-refractivity contribution in [3.8, 4) is 0 Å². The molecule has 1 unspecified atom stereocenters. The van der Waals surface area contributed by atoms with Crippen LogP contribution in [-0.4, -0.2) is 29.4 Å². The van der Waals surface area contributed by atoms with Gasteiger partial charge in [0, 0.05) is 13.6 Å². The van der Waals surface area contributed by atoms with Crippen molar-refractivity contribution in [3.05, 3.63) is 0 Å². The molecule has 1 amide bonds. The van der Waals surface area contributed by atoms with Crippen LogP contribution in [0, 0.1) is 5.92 Å². The highest BCUT2D eigenvalue weighted by atomic mass is 32.1. The van der Waals surface area contributed by atoms with Gasteiger partial charge in [0.1, 0.15) is 0 Å². The second-order valence-corrected chi connectivity index (χ2v) is 4.33. The zero-order valence-electron chi connectivity index (χ0n) is 9.95. The van der Waals surface area contributed by atoms with Crippen LogP contribution in [0.2, 0.25) is 0 Å². The Kier molecular flexibility index (Phi) is 7.30. The van der Waals surface area contributed by atoms with Crippen molar-refractivity contribution in [3.63, 3.8) is 0 Å². The Bertz CT molecular complexity index is 219. The van der Waals surface area contributed by atoms with E-state index >= 15 is 0 Å². The van der Waals surface area contributed by atoms with Crippen molar-refractivity contribution in [1.82, 2.24) is 4.90 Å². The van der Waals surface area contributed by atoms with Gasteiger partial charge in [-0.2, -0.15) is 0 Å². The highest BCUT2D eigenvalue weighted by Crippen LogP contribution is 2.10. The van der Waals surface area contributed by atoms with Crippen molar-refractivity contribution in [2.24, 2.45) is 11.7 Å². The summed E-state index contributed by atoms with van der Waals surface area (Å²) in [5.74, 6) is -0.204. The predicted octanol–water partition coefficient (Wildman–Crippen LogP) is 1.95. The lowest BCUT2D eigenvalue weighted by atomic mass is 10.0. The average molecular weight is 230 g/mol. The second kappa shape index (κ2) is 7.63. The van der Waals surface area contributed by atoms with Gasteiger partial charge in [0.25, 0.3) is 0 Å². The number of hydrogen-bond donors (Lipinski definition) is 1. The van der Waals surface area contributed by atoms with Gasteiger partial charge in [-0.25, -0.2) is 0 Å². The fraction of sp³-hybridized carbons (Fsp3) is 0.818. The Hall–Kier alpha value is -0.640. The third-order valence-corrected chi connectivity index (χ3v) is 2.73. The number of nitrogens with two attached hydrogens (primary N) is 1. The molecule has 0 rings (SSSR count). The summed E-state index contributed by atoms with van der Waals surface area (Å²) in [6.07, 6.45) is 3.79. The van der Waals surface area contributed by atoms with Crippen molar-refractivity contribution in [1.29, 1.82) is 0 Å². The number of hydrogen-bond acceptors (Lipinski definition) is 2. The van der Waals surface area contributed by atoms with Crippen molar-refractivity contribution in [2.45, 2.75) is 39.5 Å². The molecule has 0 saturated carbocycles. The fourth-order valence-corrected chi connectivity index (χ4v) is 1.67. The summed E-state index contributed by atoms with van der Waals surface area (Å²) in [6, 6.07) is 0. The largest absolute Gasteiger partial charge is 0.393 e. The molecule has 0 aliphatic carbocycles. The van der Waals surface area contributed by atoms with Crippen LogP contribution in [-0.2, 0) is 4.79 Å². The molecule has 2 N–H and O–H groups in total. The fourth-order valence-electron chi connectivity index (χ4n) is 1.45. The van der Waals surface area contributed by atoms with Gasteiger partial charge < -0.3 is 10.6 Å². The standard InChI is InChI=1S/C11H22N2OS/c1-4-6-8-13(3)11(14)9(7-5-2)10(12)15/h9H,4-8H2,1-3H3,(H2,12,15). The molecule has 0 aromatic carbocycles. The zero-order valence-corrected chi connectivity index (χ0v) is 10.8. The summed E-state index contributed by atoms with van der Waals surface area (Å²) in [4.78, 5) is 14.0. The van der Waals surface area contributed by atoms with Crippen LogP contribution in [0.5, 0.6) is 0 Å². The average Bonchev–Trinajstić information content (AvgIpc) is 2.21. The third-order valence-electron chi connectivity index (χ3n) is 2.44. The monoisotopic (exact) mass is 230 g/mol. The number of amides is 1. The molecule has 0 aromatic heterocycles. The first-order valence-electron chi connectivity index (χ1n) is 5.58. The van der Waals surface area contributed by atoms with Gasteiger partial charge in [-0.3, -0.25) is 4.79 Å². The van der Waals surface area contributed by atoms with Gasteiger partial charge in [0.05, 0.1) is 10.9 Å². The van der Waals surface area contributed by atoms with E-state index in [0.717, 1.165) is 32.2 Å². The number of carbonyl (C=O) groups is 1. The molecule has 0 bridgehead atoms. The number of rotatable bonds is 7. The Morgan fingerprint density at radius 3 is 2.40 bits per heavy atom. The molecule has 0 spiro atoms. The number of unbranched alkanes of at least 4 members (excludes halogenated alkanes) is 1. The van der Waals surface area contributed by atoms with E-state index < -0.39 is 0 Å².